The SMILES string of the molecule is CC(C)(C)N(C(=O)O)C1CC1. The van der Waals surface area contributed by atoms with E-state index in [1.54, 1.807) is 4.90 Å². The summed E-state index contributed by atoms with van der Waals surface area (Å²) < 4.78 is 0. The zero-order chi connectivity index (χ0) is 8.65. The van der Waals surface area contributed by atoms with Crippen LogP contribution in [0.4, 0.5) is 4.79 Å². The second-order valence-corrected chi connectivity index (χ2v) is 4.05. The van der Waals surface area contributed by atoms with Gasteiger partial charge in [-0.2, -0.15) is 0 Å². The van der Waals surface area contributed by atoms with Gasteiger partial charge in [0.1, 0.15) is 0 Å². The summed E-state index contributed by atoms with van der Waals surface area (Å²) in [6.45, 7) is 5.79. The van der Waals surface area contributed by atoms with Gasteiger partial charge in [-0.1, -0.05) is 0 Å². The highest BCUT2D eigenvalue weighted by Crippen LogP contribution is 2.32. The van der Waals surface area contributed by atoms with Crippen LogP contribution in [-0.4, -0.2) is 27.7 Å². The predicted molar refractivity (Wildman–Crippen MR) is 42.6 cm³/mol. The lowest BCUT2D eigenvalue weighted by Gasteiger charge is -2.33. The highest BCUT2D eigenvalue weighted by atomic mass is 16.4. The molecular weight excluding hydrogens is 142 g/mol. The number of carbonyl (C=O) groups is 1. The fourth-order valence-electron chi connectivity index (χ4n) is 1.32. The van der Waals surface area contributed by atoms with Crippen LogP contribution in [0.1, 0.15) is 33.6 Å². The van der Waals surface area contributed by atoms with E-state index in [2.05, 4.69) is 0 Å². The van der Waals surface area contributed by atoms with Gasteiger partial charge < -0.3 is 10.0 Å². The largest absolute Gasteiger partial charge is 0.465 e. The van der Waals surface area contributed by atoms with Gasteiger partial charge in [0.05, 0.1) is 0 Å². The van der Waals surface area contributed by atoms with Gasteiger partial charge in [-0.05, 0) is 33.6 Å². The minimum atomic E-state index is -0.792. The van der Waals surface area contributed by atoms with E-state index in [-0.39, 0.29) is 11.6 Å². The first kappa shape index (κ1) is 8.37. The average Bonchev–Trinajstić information content (AvgIpc) is 2.42. The number of carboxylic acid groups (broad SMARTS) is 1. The Hall–Kier alpha value is -0.730. The molecule has 0 aliphatic heterocycles. The average molecular weight is 157 g/mol. The van der Waals surface area contributed by atoms with Crippen LogP contribution >= 0.6 is 0 Å². The summed E-state index contributed by atoms with van der Waals surface area (Å²) in [6.07, 6.45) is 1.27. The van der Waals surface area contributed by atoms with Crippen molar-refractivity contribution < 1.29 is 9.90 Å². The monoisotopic (exact) mass is 157 g/mol. The number of nitrogens with zero attached hydrogens (tertiary/aromatic N) is 1. The lowest BCUT2D eigenvalue weighted by atomic mass is 10.1. The first-order valence-corrected chi connectivity index (χ1v) is 3.95. The molecule has 1 fully saturated rings. The van der Waals surface area contributed by atoms with Crippen LogP contribution in [0.3, 0.4) is 0 Å². The van der Waals surface area contributed by atoms with Crippen LogP contribution in [0.5, 0.6) is 0 Å². The van der Waals surface area contributed by atoms with Crippen molar-refractivity contribution in [3.05, 3.63) is 0 Å². The minimum Gasteiger partial charge on any atom is -0.465 e. The molecule has 11 heavy (non-hydrogen) atoms. The molecule has 0 aromatic carbocycles. The van der Waals surface area contributed by atoms with Gasteiger partial charge >= 0.3 is 6.09 Å². The summed E-state index contributed by atoms with van der Waals surface area (Å²) in [4.78, 5) is 12.3. The van der Waals surface area contributed by atoms with Crippen molar-refractivity contribution in [2.45, 2.75) is 45.2 Å². The maximum Gasteiger partial charge on any atom is 0.407 e. The summed E-state index contributed by atoms with van der Waals surface area (Å²) in [7, 11) is 0. The van der Waals surface area contributed by atoms with Crippen LogP contribution < -0.4 is 0 Å². The van der Waals surface area contributed by atoms with Crippen molar-refractivity contribution in [2.75, 3.05) is 0 Å². The van der Waals surface area contributed by atoms with Gasteiger partial charge in [-0.15, -0.1) is 0 Å². The summed E-state index contributed by atoms with van der Waals surface area (Å²) >= 11 is 0. The molecule has 3 heteroatoms. The highest BCUT2D eigenvalue weighted by Gasteiger charge is 2.39. The zero-order valence-corrected chi connectivity index (χ0v) is 7.29. The summed E-state index contributed by atoms with van der Waals surface area (Å²) in [5, 5.41) is 8.85. The van der Waals surface area contributed by atoms with Gasteiger partial charge in [-0.3, -0.25) is 0 Å². The molecule has 0 unspecified atom stereocenters. The van der Waals surface area contributed by atoms with Crippen molar-refractivity contribution in [1.29, 1.82) is 0 Å². The molecule has 0 bridgehead atoms. The van der Waals surface area contributed by atoms with Gasteiger partial charge in [0, 0.05) is 11.6 Å². The fraction of sp³-hybridized carbons (Fsp3) is 0.875. The zero-order valence-electron chi connectivity index (χ0n) is 7.29. The van der Waals surface area contributed by atoms with Gasteiger partial charge in [0.15, 0.2) is 0 Å². The number of rotatable bonds is 1. The molecule has 0 atom stereocenters. The Kier molecular flexibility index (Phi) is 1.82. The molecule has 1 rings (SSSR count). The summed E-state index contributed by atoms with van der Waals surface area (Å²) in [5.41, 5.74) is -0.243. The topological polar surface area (TPSA) is 40.5 Å². The quantitative estimate of drug-likeness (QED) is 0.631. The molecule has 3 nitrogen and oxygen atoms in total. The predicted octanol–water partition coefficient (Wildman–Crippen LogP) is 1.93. The Balaban J connectivity index is 2.66. The molecule has 0 aromatic heterocycles. The van der Waals surface area contributed by atoms with Gasteiger partial charge in [-0.25, -0.2) is 4.79 Å². The maximum absolute atomic E-state index is 10.8. The van der Waals surface area contributed by atoms with Crippen molar-refractivity contribution in [2.24, 2.45) is 0 Å². The highest BCUT2D eigenvalue weighted by molar-refractivity contribution is 5.67. The molecule has 0 radical (unpaired) electrons. The van der Waals surface area contributed by atoms with E-state index in [1.165, 1.54) is 0 Å². The third kappa shape index (κ3) is 1.85. The normalized spacial score (nSPS) is 18.1. The van der Waals surface area contributed by atoms with Crippen molar-refractivity contribution in [1.82, 2.24) is 4.90 Å². The van der Waals surface area contributed by atoms with Crippen LogP contribution in [0.25, 0.3) is 0 Å². The smallest absolute Gasteiger partial charge is 0.407 e. The van der Waals surface area contributed by atoms with E-state index in [0.29, 0.717) is 0 Å². The van der Waals surface area contributed by atoms with E-state index >= 15 is 0 Å². The lowest BCUT2D eigenvalue weighted by molar-refractivity contribution is 0.0954. The number of hydrogen-bond donors (Lipinski definition) is 1. The Bertz CT molecular complexity index is 167. The van der Waals surface area contributed by atoms with E-state index in [4.69, 9.17) is 5.11 Å². The van der Waals surface area contributed by atoms with Crippen LogP contribution in [0, 0.1) is 0 Å². The molecule has 0 aromatic rings. The standard InChI is InChI=1S/C8H15NO2/c1-8(2,3)9(7(10)11)6-4-5-6/h6H,4-5H2,1-3H3,(H,10,11). The molecule has 0 heterocycles. The minimum absolute atomic E-state index is 0.243. The molecule has 1 aliphatic rings. The molecule has 1 saturated carbocycles. The summed E-state index contributed by atoms with van der Waals surface area (Å²) in [6, 6.07) is 0.285. The molecule has 1 aliphatic carbocycles. The van der Waals surface area contributed by atoms with Crippen LogP contribution in [0.2, 0.25) is 0 Å². The van der Waals surface area contributed by atoms with Crippen molar-refractivity contribution >= 4 is 6.09 Å². The van der Waals surface area contributed by atoms with E-state index in [1.807, 2.05) is 20.8 Å². The lowest BCUT2D eigenvalue weighted by Crippen LogP contribution is -2.46. The first-order valence-electron chi connectivity index (χ1n) is 3.95. The Labute approximate surface area is 67.0 Å². The first-order chi connectivity index (χ1) is 4.93. The third-order valence-electron chi connectivity index (χ3n) is 1.84. The van der Waals surface area contributed by atoms with Crippen molar-refractivity contribution in [3.8, 4) is 0 Å². The summed E-state index contributed by atoms with van der Waals surface area (Å²) in [5.74, 6) is 0. The second kappa shape index (κ2) is 2.40. The Morgan fingerprint density at radius 3 is 2.00 bits per heavy atom. The number of hydrogen-bond acceptors (Lipinski definition) is 1. The Morgan fingerprint density at radius 2 is 1.91 bits per heavy atom. The molecule has 64 valence electrons. The van der Waals surface area contributed by atoms with Gasteiger partial charge in [0.2, 0.25) is 0 Å². The molecule has 0 saturated heterocycles. The molecule has 1 amide bonds. The number of amides is 1. The van der Waals surface area contributed by atoms with Crippen LogP contribution in [-0.2, 0) is 0 Å². The van der Waals surface area contributed by atoms with Crippen LogP contribution in [0.15, 0.2) is 0 Å². The molecule has 1 N–H and O–H groups in total. The van der Waals surface area contributed by atoms with E-state index in [9.17, 15) is 4.79 Å². The maximum atomic E-state index is 10.8. The molecule has 0 spiro atoms. The van der Waals surface area contributed by atoms with E-state index < -0.39 is 6.09 Å². The van der Waals surface area contributed by atoms with E-state index in [0.717, 1.165) is 12.8 Å². The van der Waals surface area contributed by atoms with Crippen molar-refractivity contribution in [3.63, 3.8) is 0 Å². The Morgan fingerprint density at radius 1 is 1.45 bits per heavy atom. The van der Waals surface area contributed by atoms with Gasteiger partial charge in [0.25, 0.3) is 0 Å². The molecular formula is C8H15NO2. The second-order valence-electron chi connectivity index (χ2n) is 4.05. The third-order valence-corrected chi connectivity index (χ3v) is 1.84. The fourth-order valence-corrected chi connectivity index (χ4v) is 1.32.